The van der Waals surface area contributed by atoms with Crippen LogP contribution in [0.25, 0.3) is 21.3 Å². The Labute approximate surface area is 163 Å². The van der Waals surface area contributed by atoms with Crippen LogP contribution in [0.4, 0.5) is 5.82 Å². The van der Waals surface area contributed by atoms with Gasteiger partial charge >= 0.3 is 0 Å². The Balaban J connectivity index is 1.80. The van der Waals surface area contributed by atoms with E-state index in [-0.39, 0.29) is 0 Å². The molecule has 0 fully saturated rings. The van der Waals surface area contributed by atoms with E-state index in [4.69, 9.17) is 6.42 Å². The third-order valence-corrected chi connectivity index (χ3v) is 6.00. The van der Waals surface area contributed by atoms with Gasteiger partial charge in [-0.1, -0.05) is 25.0 Å². The minimum Gasteiger partial charge on any atom is -0.358 e. The van der Waals surface area contributed by atoms with E-state index in [0.717, 1.165) is 26.5 Å². The van der Waals surface area contributed by atoms with E-state index in [1.165, 1.54) is 11.8 Å². The fourth-order valence-electron chi connectivity index (χ4n) is 2.84. The molecule has 27 heavy (non-hydrogen) atoms. The van der Waals surface area contributed by atoms with E-state index in [9.17, 15) is 4.79 Å². The monoisotopic (exact) mass is 393 g/mol. The topological polar surface area (TPSA) is 83.6 Å². The van der Waals surface area contributed by atoms with Gasteiger partial charge in [0.2, 0.25) is 0 Å². The maximum Gasteiger partial charge on any atom is 0.198 e. The second kappa shape index (κ2) is 7.39. The maximum absolute atomic E-state index is 11.6. The SMILES string of the molecule is C#CCNc1nc(Sc2nc3ccccc3s2)nc2[nH]c(CC)c(C=O)c12. The average Bonchev–Trinajstić information content (AvgIpc) is 3.25. The van der Waals surface area contributed by atoms with Crippen LogP contribution in [0.1, 0.15) is 23.0 Å². The van der Waals surface area contributed by atoms with Crippen LogP contribution in [0.5, 0.6) is 0 Å². The number of aldehydes is 1. The van der Waals surface area contributed by atoms with Crippen LogP contribution in [-0.2, 0) is 6.42 Å². The second-order valence-electron chi connectivity index (χ2n) is 5.67. The molecule has 0 aliphatic carbocycles. The lowest BCUT2D eigenvalue weighted by atomic mass is 10.1. The van der Waals surface area contributed by atoms with Gasteiger partial charge in [-0.2, -0.15) is 0 Å². The number of carbonyl (C=O) groups excluding carboxylic acids is 1. The molecule has 2 N–H and O–H groups in total. The van der Waals surface area contributed by atoms with E-state index in [0.29, 0.717) is 40.5 Å². The highest BCUT2D eigenvalue weighted by Crippen LogP contribution is 2.35. The van der Waals surface area contributed by atoms with Crippen LogP contribution in [0.3, 0.4) is 0 Å². The van der Waals surface area contributed by atoms with Crippen molar-refractivity contribution in [1.29, 1.82) is 0 Å². The van der Waals surface area contributed by atoms with Crippen molar-refractivity contribution in [3.63, 3.8) is 0 Å². The molecular formula is C19H15N5OS2. The molecule has 4 rings (SSSR count). The molecule has 0 aliphatic rings. The number of hydrogen-bond donors (Lipinski definition) is 2. The molecule has 4 aromatic rings. The van der Waals surface area contributed by atoms with Crippen molar-refractivity contribution in [2.45, 2.75) is 22.8 Å². The zero-order valence-electron chi connectivity index (χ0n) is 14.4. The Bertz CT molecular complexity index is 1160. The smallest absolute Gasteiger partial charge is 0.198 e. The van der Waals surface area contributed by atoms with E-state index in [2.05, 4.69) is 31.2 Å². The molecule has 3 heterocycles. The van der Waals surface area contributed by atoms with Crippen LogP contribution in [0.15, 0.2) is 33.8 Å². The summed E-state index contributed by atoms with van der Waals surface area (Å²) in [6.07, 6.45) is 6.91. The van der Waals surface area contributed by atoms with Crippen molar-refractivity contribution in [2.75, 3.05) is 11.9 Å². The van der Waals surface area contributed by atoms with Crippen molar-refractivity contribution in [2.24, 2.45) is 0 Å². The summed E-state index contributed by atoms with van der Waals surface area (Å²) >= 11 is 2.98. The number of hydrogen-bond acceptors (Lipinski definition) is 7. The fraction of sp³-hybridized carbons (Fsp3) is 0.158. The lowest BCUT2D eigenvalue weighted by Gasteiger charge is -2.06. The van der Waals surface area contributed by atoms with Crippen LogP contribution in [0, 0.1) is 12.3 Å². The van der Waals surface area contributed by atoms with Gasteiger partial charge in [0, 0.05) is 11.3 Å². The first-order chi connectivity index (χ1) is 13.2. The van der Waals surface area contributed by atoms with Crippen molar-refractivity contribution < 1.29 is 4.79 Å². The summed E-state index contributed by atoms with van der Waals surface area (Å²) in [7, 11) is 0. The van der Waals surface area contributed by atoms with E-state index in [1.807, 2.05) is 31.2 Å². The van der Waals surface area contributed by atoms with Gasteiger partial charge in [0.05, 0.1) is 22.1 Å². The van der Waals surface area contributed by atoms with E-state index in [1.54, 1.807) is 11.3 Å². The number of rotatable bonds is 6. The van der Waals surface area contributed by atoms with Gasteiger partial charge in [-0.15, -0.1) is 17.8 Å². The van der Waals surface area contributed by atoms with Gasteiger partial charge in [-0.05, 0) is 30.3 Å². The van der Waals surface area contributed by atoms with Crippen LogP contribution in [0.2, 0.25) is 0 Å². The summed E-state index contributed by atoms with van der Waals surface area (Å²) in [4.78, 5) is 28.6. The maximum atomic E-state index is 11.6. The second-order valence-corrected chi connectivity index (χ2v) is 7.92. The Hall–Kier alpha value is -2.89. The predicted octanol–water partition coefficient (Wildman–Crippen LogP) is 4.14. The Morgan fingerprint density at radius 3 is 2.93 bits per heavy atom. The first-order valence-corrected chi connectivity index (χ1v) is 9.95. The molecule has 1 aromatic carbocycles. The van der Waals surface area contributed by atoms with Crippen molar-refractivity contribution in [3.8, 4) is 12.3 Å². The first kappa shape index (κ1) is 17.5. The summed E-state index contributed by atoms with van der Waals surface area (Å²) in [5.41, 5.74) is 2.98. The Kier molecular flexibility index (Phi) is 4.79. The van der Waals surface area contributed by atoms with Crippen molar-refractivity contribution >= 4 is 56.5 Å². The highest BCUT2D eigenvalue weighted by Gasteiger charge is 2.18. The zero-order valence-corrected chi connectivity index (χ0v) is 16.1. The van der Waals surface area contributed by atoms with E-state index >= 15 is 0 Å². The van der Waals surface area contributed by atoms with Gasteiger partial charge in [0.1, 0.15) is 11.5 Å². The van der Waals surface area contributed by atoms with Gasteiger partial charge in [0.15, 0.2) is 15.8 Å². The minimum absolute atomic E-state index is 0.308. The molecule has 0 amide bonds. The van der Waals surface area contributed by atoms with Gasteiger partial charge in [0.25, 0.3) is 0 Å². The Morgan fingerprint density at radius 2 is 2.19 bits per heavy atom. The number of nitrogens with one attached hydrogen (secondary N) is 2. The predicted molar refractivity (Wildman–Crippen MR) is 110 cm³/mol. The number of para-hydroxylation sites is 1. The molecule has 0 bridgehead atoms. The van der Waals surface area contributed by atoms with E-state index < -0.39 is 0 Å². The normalized spacial score (nSPS) is 11.0. The highest BCUT2D eigenvalue weighted by atomic mass is 32.2. The molecule has 134 valence electrons. The first-order valence-electron chi connectivity index (χ1n) is 8.32. The number of anilines is 1. The average molecular weight is 393 g/mol. The molecule has 6 nitrogen and oxygen atoms in total. The van der Waals surface area contributed by atoms with Crippen LogP contribution in [-0.4, -0.2) is 32.8 Å². The number of nitrogens with zero attached hydrogens (tertiary/aromatic N) is 3. The molecule has 0 aliphatic heterocycles. The van der Waals surface area contributed by atoms with Gasteiger partial charge in [-0.25, -0.2) is 15.0 Å². The number of aromatic amines is 1. The molecular weight excluding hydrogens is 378 g/mol. The number of aromatic nitrogens is 4. The zero-order chi connectivity index (χ0) is 18.8. The number of H-pyrrole nitrogens is 1. The molecule has 0 spiro atoms. The van der Waals surface area contributed by atoms with Crippen molar-refractivity contribution in [3.05, 3.63) is 35.5 Å². The number of aryl methyl sites for hydroxylation is 1. The third-order valence-electron chi connectivity index (χ3n) is 4.03. The lowest BCUT2D eigenvalue weighted by Crippen LogP contribution is -2.04. The van der Waals surface area contributed by atoms with Gasteiger partial charge < -0.3 is 10.3 Å². The van der Waals surface area contributed by atoms with Gasteiger partial charge in [-0.3, -0.25) is 4.79 Å². The molecule has 0 atom stereocenters. The number of thiazole rings is 1. The van der Waals surface area contributed by atoms with Crippen LogP contribution < -0.4 is 5.32 Å². The number of terminal acetylenes is 1. The molecule has 8 heteroatoms. The summed E-state index contributed by atoms with van der Waals surface area (Å²) in [5.74, 6) is 3.09. The largest absolute Gasteiger partial charge is 0.358 e. The summed E-state index contributed by atoms with van der Waals surface area (Å²) in [6.45, 7) is 2.29. The number of fused-ring (bicyclic) bond motifs is 2. The van der Waals surface area contributed by atoms with Crippen molar-refractivity contribution in [1.82, 2.24) is 19.9 Å². The summed E-state index contributed by atoms with van der Waals surface area (Å²) < 4.78 is 1.97. The standard InChI is InChI=1S/C19H15N5OS2/c1-3-9-20-16-15-11(10-25)12(4-2)21-17(15)24-18(23-16)27-19-22-13-7-5-6-8-14(13)26-19/h1,5-8,10H,4,9H2,2H3,(H2,20,21,23,24). The number of carbonyl (C=O) groups is 1. The lowest BCUT2D eigenvalue weighted by molar-refractivity contribution is 0.112. The molecule has 0 unspecified atom stereocenters. The summed E-state index contributed by atoms with van der Waals surface area (Å²) in [5, 5.41) is 4.32. The molecule has 0 radical (unpaired) electrons. The number of benzene rings is 1. The highest BCUT2D eigenvalue weighted by molar-refractivity contribution is 8.01. The molecule has 0 saturated carbocycles. The Morgan fingerprint density at radius 1 is 1.33 bits per heavy atom. The quantitative estimate of drug-likeness (QED) is 0.291. The fourth-order valence-corrected chi connectivity index (χ4v) is 4.77. The molecule has 0 saturated heterocycles. The summed E-state index contributed by atoms with van der Waals surface area (Å²) in [6, 6.07) is 7.98. The minimum atomic E-state index is 0.308. The molecule has 3 aromatic heterocycles. The van der Waals surface area contributed by atoms with Crippen LogP contribution >= 0.6 is 23.1 Å². The third kappa shape index (κ3) is 3.27.